The first-order chi connectivity index (χ1) is 12.7. The number of hydrogen-bond acceptors (Lipinski definition) is 4. The van der Waals surface area contributed by atoms with Gasteiger partial charge in [-0.3, -0.25) is 4.79 Å². The topological polar surface area (TPSA) is 129 Å². The number of nitrogens with two attached hydrogens (primary N) is 1. The van der Waals surface area contributed by atoms with E-state index in [4.69, 9.17) is 22.4 Å². The number of amides is 1. The molecule has 0 spiro atoms. The number of nitrogens with zero attached hydrogens (tertiary/aromatic N) is 1. The molecule has 1 aromatic heterocycles. The first-order valence-corrected chi connectivity index (χ1v) is 8.72. The van der Waals surface area contributed by atoms with Gasteiger partial charge in [0.05, 0.1) is 6.20 Å². The molecule has 0 radical (unpaired) electrons. The van der Waals surface area contributed by atoms with Crippen molar-refractivity contribution in [2.24, 2.45) is 5.73 Å². The van der Waals surface area contributed by atoms with Crippen molar-refractivity contribution in [1.82, 2.24) is 9.97 Å². The summed E-state index contributed by atoms with van der Waals surface area (Å²) in [5, 5.41) is 20.6. The van der Waals surface area contributed by atoms with Gasteiger partial charge < -0.3 is 20.9 Å². The lowest BCUT2D eigenvalue weighted by molar-refractivity contribution is -0.128. The molecule has 140 valence electrons. The second kappa shape index (κ2) is 7.06. The highest BCUT2D eigenvalue weighted by Crippen LogP contribution is 2.42. The summed E-state index contributed by atoms with van der Waals surface area (Å²) in [5.41, 5.74) is 3.35. The Morgan fingerprint density at radius 2 is 2.11 bits per heavy atom. The maximum Gasteiger partial charge on any atom is 0.353 e. The molecular formula is C19H18ClN3O4. The molecule has 0 bridgehead atoms. The molecule has 1 saturated carbocycles. The van der Waals surface area contributed by atoms with E-state index in [2.05, 4.69) is 21.8 Å². The maximum absolute atomic E-state index is 12.3. The van der Waals surface area contributed by atoms with Crippen molar-refractivity contribution >= 4 is 23.5 Å². The number of aliphatic hydroxyl groups is 1. The summed E-state index contributed by atoms with van der Waals surface area (Å²) in [4.78, 5) is 30.1. The van der Waals surface area contributed by atoms with Gasteiger partial charge in [0, 0.05) is 17.0 Å². The maximum atomic E-state index is 12.3. The summed E-state index contributed by atoms with van der Waals surface area (Å²) in [6.45, 7) is 0. The average molecular weight is 388 g/mol. The fourth-order valence-electron chi connectivity index (χ4n) is 3.42. The molecule has 0 aliphatic heterocycles. The first-order valence-electron chi connectivity index (χ1n) is 8.34. The van der Waals surface area contributed by atoms with Gasteiger partial charge in [0.2, 0.25) is 5.91 Å². The fraction of sp³-hybridized carbons (Fsp3) is 0.316. The predicted octanol–water partition coefficient (Wildman–Crippen LogP) is 1.84. The highest BCUT2D eigenvalue weighted by atomic mass is 35.5. The number of rotatable bonds is 3. The van der Waals surface area contributed by atoms with Crippen molar-refractivity contribution in [3.63, 3.8) is 0 Å². The van der Waals surface area contributed by atoms with Crippen LogP contribution in [0, 0.1) is 11.8 Å². The van der Waals surface area contributed by atoms with Crippen LogP contribution >= 0.6 is 11.6 Å². The Bertz CT molecular complexity index is 961. The minimum Gasteiger partial charge on any atom is -0.477 e. The predicted molar refractivity (Wildman–Crippen MR) is 98.2 cm³/mol. The van der Waals surface area contributed by atoms with Crippen LogP contribution in [0.3, 0.4) is 0 Å². The lowest BCUT2D eigenvalue weighted by atomic mass is 9.66. The SMILES string of the molecule is NC(=O)[C@@]1(c2ncc(C(=O)O)[nH]2)CCC[C@@](O)(C#Cc2cccc(Cl)c2)C1. The van der Waals surface area contributed by atoms with Crippen molar-refractivity contribution in [3.05, 3.63) is 52.6 Å². The summed E-state index contributed by atoms with van der Waals surface area (Å²) in [7, 11) is 0. The number of carbonyl (C=O) groups excluding carboxylic acids is 1. The molecule has 1 aliphatic rings. The van der Waals surface area contributed by atoms with E-state index in [1.165, 1.54) is 0 Å². The molecule has 1 amide bonds. The summed E-state index contributed by atoms with van der Waals surface area (Å²) in [6.07, 6.45) is 2.24. The first kappa shape index (κ1) is 19.0. The van der Waals surface area contributed by atoms with Crippen molar-refractivity contribution in [1.29, 1.82) is 0 Å². The Morgan fingerprint density at radius 3 is 2.74 bits per heavy atom. The molecule has 8 heteroatoms. The van der Waals surface area contributed by atoms with Crippen LogP contribution < -0.4 is 5.73 Å². The number of primary amides is 1. The minimum absolute atomic E-state index is 0.0739. The number of H-pyrrole nitrogens is 1. The van der Waals surface area contributed by atoms with Crippen LogP contribution in [0.4, 0.5) is 0 Å². The molecule has 3 rings (SSSR count). The van der Waals surface area contributed by atoms with E-state index in [0.29, 0.717) is 29.8 Å². The van der Waals surface area contributed by atoms with Crippen LogP contribution in [0.5, 0.6) is 0 Å². The smallest absolute Gasteiger partial charge is 0.353 e. The van der Waals surface area contributed by atoms with Gasteiger partial charge in [0.1, 0.15) is 22.5 Å². The molecule has 0 saturated heterocycles. The molecule has 0 unspecified atom stereocenters. The van der Waals surface area contributed by atoms with Crippen molar-refractivity contribution in [2.75, 3.05) is 0 Å². The number of halogens is 1. The average Bonchev–Trinajstić information content (AvgIpc) is 3.11. The lowest BCUT2D eigenvalue weighted by Gasteiger charge is -2.39. The molecule has 1 heterocycles. The minimum atomic E-state index is -1.47. The molecule has 2 aromatic rings. The number of imidazole rings is 1. The highest BCUT2D eigenvalue weighted by Gasteiger charge is 2.50. The van der Waals surface area contributed by atoms with Gasteiger partial charge in [-0.1, -0.05) is 29.5 Å². The summed E-state index contributed by atoms with van der Waals surface area (Å²) in [6, 6.07) is 6.91. The third kappa shape index (κ3) is 3.82. The molecular weight excluding hydrogens is 370 g/mol. The van der Waals surface area contributed by atoms with E-state index in [1.807, 2.05) is 0 Å². The van der Waals surface area contributed by atoms with E-state index >= 15 is 0 Å². The van der Waals surface area contributed by atoms with Crippen molar-refractivity contribution in [3.8, 4) is 11.8 Å². The van der Waals surface area contributed by atoms with Crippen LogP contribution in [0.15, 0.2) is 30.5 Å². The fourth-order valence-corrected chi connectivity index (χ4v) is 3.61. The summed E-state index contributed by atoms with van der Waals surface area (Å²) >= 11 is 5.94. The largest absolute Gasteiger partial charge is 0.477 e. The van der Waals surface area contributed by atoms with Gasteiger partial charge >= 0.3 is 5.97 Å². The van der Waals surface area contributed by atoms with Gasteiger partial charge in [-0.25, -0.2) is 9.78 Å². The van der Waals surface area contributed by atoms with E-state index in [1.54, 1.807) is 24.3 Å². The number of aromatic amines is 1. The lowest BCUT2D eigenvalue weighted by Crippen LogP contribution is -2.51. The van der Waals surface area contributed by atoms with Gasteiger partial charge in [0.15, 0.2) is 0 Å². The van der Waals surface area contributed by atoms with Gasteiger partial charge in [-0.2, -0.15) is 0 Å². The van der Waals surface area contributed by atoms with Crippen LogP contribution in [-0.2, 0) is 10.2 Å². The molecule has 7 nitrogen and oxygen atoms in total. The normalized spacial score (nSPS) is 24.7. The van der Waals surface area contributed by atoms with E-state index < -0.39 is 22.9 Å². The van der Waals surface area contributed by atoms with Crippen LogP contribution in [-0.4, -0.2) is 37.7 Å². The molecule has 1 fully saturated rings. The van der Waals surface area contributed by atoms with Gasteiger partial charge in [0.25, 0.3) is 0 Å². The van der Waals surface area contributed by atoms with Gasteiger partial charge in [-0.05, 0) is 37.5 Å². The Morgan fingerprint density at radius 1 is 1.33 bits per heavy atom. The number of benzene rings is 1. The van der Waals surface area contributed by atoms with Gasteiger partial charge in [-0.15, -0.1) is 0 Å². The van der Waals surface area contributed by atoms with Crippen LogP contribution in [0.2, 0.25) is 5.02 Å². The third-order valence-electron chi connectivity index (χ3n) is 4.78. The second-order valence-electron chi connectivity index (χ2n) is 6.72. The number of carboxylic acids is 1. The number of aromatic nitrogens is 2. The molecule has 2 atom stereocenters. The molecule has 1 aliphatic carbocycles. The summed E-state index contributed by atoms with van der Waals surface area (Å²) in [5.74, 6) is 3.97. The third-order valence-corrected chi connectivity index (χ3v) is 5.02. The Labute approximate surface area is 160 Å². The molecule has 27 heavy (non-hydrogen) atoms. The Hall–Kier alpha value is -2.82. The zero-order chi connectivity index (χ0) is 19.7. The standard InChI is InChI=1S/C19H18ClN3O4/c20-13-4-1-3-12(9-13)5-8-18(27)6-2-7-19(11-18,16(21)26)17-22-10-14(23-17)15(24)25/h1,3-4,9-10,27H,2,6-7,11H2,(H2,21,26)(H,22,23)(H,24,25)/t18-,19-/m1/s1. The number of hydrogen-bond donors (Lipinski definition) is 4. The number of nitrogens with one attached hydrogen (secondary N) is 1. The molecule has 5 N–H and O–H groups in total. The molecule has 1 aromatic carbocycles. The Kier molecular flexibility index (Phi) is 4.96. The quantitative estimate of drug-likeness (QED) is 0.597. The summed E-state index contributed by atoms with van der Waals surface area (Å²) < 4.78 is 0. The van der Waals surface area contributed by atoms with E-state index in [-0.39, 0.29) is 17.9 Å². The van der Waals surface area contributed by atoms with Crippen molar-refractivity contribution < 1.29 is 19.8 Å². The number of carboxylic acid groups (broad SMARTS) is 1. The Balaban J connectivity index is 1.96. The second-order valence-corrected chi connectivity index (χ2v) is 7.16. The van der Waals surface area contributed by atoms with Crippen LogP contribution in [0.1, 0.15) is 47.6 Å². The number of aromatic carboxylic acids is 1. The van der Waals surface area contributed by atoms with Crippen LogP contribution in [0.25, 0.3) is 0 Å². The van der Waals surface area contributed by atoms with Crippen molar-refractivity contribution in [2.45, 2.75) is 36.7 Å². The zero-order valence-corrected chi connectivity index (χ0v) is 15.1. The monoisotopic (exact) mass is 387 g/mol. The zero-order valence-electron chi connectivity index (χ0n) is 14.3. The highest BCUT2D eigenvalue weighted by molar-refractivity contribution is 6.30. The number of carbonyl (C=O) groups is 2. The van der Waals surface area contributed by atoms with E-state index in [0.717, 1.165) is 6.20 Å². The van der Waals surface area contributed by atoms with E-state index in [9.17, 15) is 14.7 Å².